The highest BCUT2D eigenvalue weighted by molar-refractivity contribution is 6.46. The quantitative estimate of drug-likeness (QED) is 0.465. The minimum atomic E-state index is -0.652. The number of aliphatic hydroxyl groups excluding tert-OH is 1. The molecule has 0 saturated carbocycles. The van der Waals surface area contributed by atoms with E-state index in [9.17, 15) is 14.7 Å². The van der Waals surface area contributed by atoms with Crippen LogP contribution in [0.1, 0.15) is 28.3 Å². The first kappa shape index (κ1) is 19.8. The second-order valence-electron chi connectivity index (χ2n) is 7.55. The first-order valence-electron chi connectivity index (χ1n) is 9.36. The molecule has 2 N–H and O–H groups in total. The number of quaternary nitrogens is 1. The summed E-state index contributed by atoms with van der Waals surface area (Å²) in [4.78, 5) is 32.6. The van der Waals surface area contributed by atoms with Gasteiger partial charge in [0, 0.05) is 18.0 Å². The van der Waals surface area contributed by atoms with Crippen LogP contribution in [0.2, 0.25) is 0 Å². The van der Waals surface area contributed by atoms with E-state index in [2.05, 4.69) is 4.98 Å². The Morgan fingerprint density at radius 3 is 2.61 bits per heavy atom. The maximum absolute atomic E-state index is 12.9. The van der Waals surface area contributed by atoms with E-state index in [4.69, 9.17) is 0 Å². The zero-order chi connectivity index (χ0) is 20.4. The molecule has 2 heterocycles. The number of hydrogen-bond acceptors (Lipinski definition) is 4. The van der Waals surface area contributed by atoms with E-state index < -0.39 is 17.7 Å². The third-order valence-electron chi connectivity index (χ3n) is 5.04. The van der Waals surface area contributed by atoms with E-state index >= 15 is 0 Å². The molecule has 1 aromatic carbocycles. The molecule has 1 fully saturated rings. The Morgan fingerprint density at radius 1 is 1.21 bits per heavy atom. The molecule has 3 rings (SSSR count). The van der Waals surface area contributed by atoms with E-state index in [1.165, 1.54) is 4.90 Å². The first-order valence-corrected chi connectivity index (χ1v) is 9.36. The van der Waals surface area contributed by atoms with Gasteiger partial charge in [-0.15, -0.1) is 0 Å². The summed E-state index contributed by atoms with van der Waals surface area (Å²) < 4.78 is 0. The maximum atomic E-state index is 12.9. The van der Waals surface area contributed by atoms with Gasteiger partial charge in [-0.1, -0.05) is 23.8 Å². The highest BCUT2D eigenvalue weighted by atomic mass is 16.3. The number of likely N-dealkylation sites (tertiary alicyclic amines) is 1. The Labute approximate surface area is 165 Å². The van der Waals surface area contributed by atoms with E-state index in [-0.39, 0.29) is 11.3 Å². The lowest BCUT2D eigenvalue weighted by Gasteiger charge is -2.25. The molecule has 2 aromatic rings. The van der Waals surface area contributed by atoms with E-state index in [1.807, 2.05) is 52.2 Å². The predicted octanol–water partition coefficient (Wildman–Crippen LogP) is 1.26. The summed E-state index contributed by atoms with van der Waals surface area (Å²) in [7, 11) is 3.98. The van der Waals surface area contributed by atoms with Gasteiger partial charge in [0.15, 0.2) is 0 Å². The van der Waals surface area contributed by atoms with Crippen LogP contribution in [-0.4, -0.2) is 53.9 Å². The number of aliphatic hydroxyl groups is 1. The second kappa shape index (κ2) is 7.94. The molecule has 0 aliphatic carbocycles. The van der Waals surface area contributed by atoms with Crippen molar-refractivity contribution >= 4 is 17.4 Å². The van der Waals surface area contributed by atoms with Crippen LogP contribution in [0.4, 0.5) is 0 Å². The van der Waals surface area contributed by atoms with Crippen molar-refractivity contribution in [1.82, 2.24) is 9.88 Å². The van der Waals surface area contributed by atoms with Gasteiger partial charge in [0.2, 0.25) is 0 Å². The van der Waals surface area contributed by atoms with E-state index in [0.29, 0.717) is 24.2 Å². The number of rotatable bonds is 5. The molecule has 0 bridgehead atoms. The molecule has 146 valence electrons. The Bertz CT molecular complexity index is 935. The van der Waals surface area contributed by atoms with Crippen LogP contribution in [-0.2, 0) is 9.59 Å². The van der Waals surface area contributed by atoms with Crippen LogP contribution in [0.15, 0.2) is 48.3 Å². The van der Waals surface area contributed by atoms with Crippen LogP contribution in [0.3, 0.4) is 0 Å². The number of aryl methyl sites for hydroxylation is 2. The third-order valence-corrected chi connectivity index (χ3v) is 5.04. The fourth-order valence-electron chi connectivity index (χ4n) is 3.48. The molecule has 6 heteroatoms. The first-order chi connectivity index (χ1) is 13.3. The number of aromatic nitrogens is 1. The zero-order valence-corrected chi connectivity index (χ0v) is 16.7. The summed E-state index contributed by atoms with van der Waals surface area (Å²) in [5.41, 5.74) is 3.22. The summed E-state index contributed by atoms with van der Waals surface area (Å²) in [5.74, 6) is -1.36. The molecule has 6 nitrogen and oxygen atoms in total. The van der Waals surface area contributed by atoms with Gasteiger partial charge in [0.25, 0.3) is 11.7 Å². The number of ketones is 1. The van der Waals surface area contributed by atoms with Crippen molar-refractivity contribution in [3.8, 4) is 0 Å². The monoisotopic (exact) mass is 380 g/mol. The Balaban J connectivity index is 2.18. The fourth-order valence-corrected chi connectivity index (χ4v) is 3.48. The van der Waals surface area contributed by atoms with Crippen LogP contribution in [0.25, 0.3) is 5.76 Å². The fraction of sp³-hybridized carbons (Fsp3) is 0.318. The van der Waals surface area contributed by atoms with Gasteiger partial charge in [0.05, 0.1) is 38.8 Å². The molecule has 1 aromatic heterocycles. The van der Waals surface area contributed by atoms with Crippen molar-refractivity contribution in [3.63, 3.8) is 0 Å². The number of benzene rings is 1. The molecule has 28 heavy (non-hydrogen) atoms. The molecule has 0 spiro atoms. The lowest BCUT2D eigenvalue weighted by Crippen LogP contribution is -3.06. The van der Waals surface area contributed by atoms with Crippen LogP contribution < -0.4 is 4.90 Å². The van der Waals surface area contributed by atoms with Gasteiger partial charge in [-0.05, 0) is 37.1 Å². The highest BCUT2D eigenvalue weighted by Gasteiger charge is 2.46. The van der Waals surface area contributed by atoms with Crippen molar-refractivity contribution in [1.29, 1.82) is 0 Å². The average Bonchev–Trinajstić information content (AvgIpc) is 2.93. The lowest BCUT2D eigenvalue weighted by molar-refractivity contribution is -0.857. The maximum Gasteiger partial charge on any atom is 0.295 e. The Kier molecular flexibility index (Phi) is 5.61. The van der Waals surface area contributed by atoms with Gasteiger partial charge in [-0.25, -0.2) is 0 Å². The molecule has 1 saturated heterocycles. The van der Waals surface area contributed by atoms with Crippen molar-refractivity contribution in [2.45, 2.75) is 19.9 Å². The molecule has 1 amide bonds. The lowest BCUT2D eigenvalue weighted by atomic mass is 9.94. The van der Waals surface area contributed by atoms with Crippen LogP contribution >= 0.6 is 0 Å². The number of carbonyl (C=O) groups excluding carboxylic acids is 2. The highest BCUT2D eigenvalue weighted by Crippen LogP contribution is 2.39. The Morgan fingerprint density at radius 2 is 1.96 bits per heavy atom. The van der Waals surface area contributed by atoms with E-state index in [0.717, 1.165) is 11.1 Å². The molecule has 0 radical (unpaired) electrons. The topological polar surface area (TPSA) is 74.9 Å². The minimum Gasteiger partial charge on any atom is -0.507 e. The third kappa shape index (κ3) is 3.68. The molecular weight excluding hydrogens is 354 g/mol. The molecule has 0 unspecified atom stereocenters. The van der Waals surface area contributed by atoms with Gasteiger partial charge >= 0.3 is 0 Å². The van der Waals surface area contributed by atoms with Crippen molar-refractivity contribution in [2.75, 3.05) is 27.2 Å². The number of nitrogens with one attached hydrogen (secondary N) is 1. The minimum absolute atomic E-state index is 0.125. The normalized spacial score (nSPS) is 18.9. The molecule has 1 atom stereocenters. The predicted molar refractivity (Wildman–Crippen MR) is 107 cm³/mol. The molecular formula is C22H26N3O3+. The SMILES string of the molecule is Cc1ccc(C)c(C(O)=C2C(=O)C(=O)N(CC[NH+](C)C)[C@@H]2c2cccnc2)c1. The smallest absolute Gasteiger partial charge is 0.295 e. The molecule has 1 aliphatic rings. The van der Waals surface area contributed by atoms with Crippen molar-refractivity contribution < 1.29 is 19.6 Å². The standard InChI is InChI=1S/C22H25N3O3/c1-14-7-8-15(2)17(12-14)20(26)18-19(16-6-5-9-23-13-16)25(11-10-24(3)4)22(28)21(18)27/h5-9,12-13,19,26H,10-11H2,1-4H3/p+1/t19-/m1/s1. The average molecular weight is 380 g/mol. The van der Waals surface area contributed by atoms with Gasteiger partial charge < -0.3 is 14.9 Å². The summed E-state index contributed by atoms with van der Waals surface area (Å²) in [6.45, 7) is 4.90. The summed E-state index contributed by atoms with van der Waals surface area (Å²) >= 11 is 0. The van der Waals surface area contributed by atoms with Crippen LogP contribution in [0, 0.1) is 13.8 Å². The number of amides is 1. The summed E-state index contributed by atoms with van der Waals surface area (Å²) in [6, 6.07) is 8.63. The Hall–Kier alpha value is -2.99. The number of Topliss-reactive ketones (excluding diaryl/α,β-unsaturated/α-hetero) is 1. The zero-order valence-electron chi connectivity index (χ0n) is 16.7. The number of carbonyl (C=O) groups is 2. The number of likely N-dealkylation sites (N-methyl/N-ethyl adjacent to an activating group) is 1. The number of pyridine rings is 1. The molecule has 1 aliphatic heterocycles. The van der Waals surface area contributed by atoms with E-state index in [1.54, 1.807) is 23.4 Å². The van der Waals surface area contributed by atoms with Crippen molar-refractivity contribution in [3.05, 3.63) is 70.6 Å². The summed E-state index contributed by atoms with van der Waals surface area (Å²) in [5, 5.41) is 11.1. The second-order valence-corrected chi connectivity index (χ2v) is 7.55. The summed E-state index contributed by atoms with van der Waals surface area (Å²) in [6.07, 6.45) is 3.28. The van der Waals surface area contributed by atoms with Crippen LogP contribution in [0.5, 0.6) is 0 Å². The number of nitrogens with zero attached hydrogens (tertiary/aromatic N) is 2. The van der Waals surface area contributed by atoms with Crippen molar-refractivity contribution in [2.24, 2.45) is 0 Å². The van der Waals surface area contributed by atoms with Gasteiger partial charge in [0.1, 0.15) is 5.76 Å². The number of hydrogen-bond donors (Lipinski definition) is 2. The van der Waals surface area contributed by atoms with Gasteiger partial charge in [-0.2, -0.15) is 0 Å². The largest absolute Gasteiger partial charge is 0.507 e. The van der Waals surface area contributed by atoms with Gasteiger partial charge in [-0.3, -0.25) is 14.6 Å².